The number of rotatable bonds is 10. The number of nitrogens with one attached hydrogen (secondary N) is 2. The molecule has 2 N–H and O–H groups in total. The van der Waals surface area contributed by atoms with Crippen molar-refractivity contribution in [2.75, 3.05) is 19.0 Å². The van der Waals surface area contributed by atoms with Gasteiger partial charge in [-0.05, 0) is 82.3 Å². The van der Waals surface area contributed by atoms with Crippen LogP contribution in [0.2, 0.25) is 5.02 Å². The lowest BCUT2D eigenvalue weighted by molar-refractivity contribution is -0.112. The zero-order chi connectivity index (χ0) is 35.7. The lowest BCUT2D eigenvalue weighted by Gasteiger charge is -2.27. The molecular weight excluding hydrogens is 660 g/mol. The quantitative estimate of drug-likeness (QED) is 0.113. The number of fused-ring (bicyclic) bond motifs is 2. The lowest BCUT2D eigenvalue weighted by atomic mass is 9.93. The first kappa shape index (κ1) is 35.2. The van der Waals surface area contributed by atoms with Gasteiger partial charge in [0.2, 0.25) is 11.7 Å². The Kier molecular flexibility index (Phi) is 10.3. The maximum Gasteiger partial charge on any atom is 0.248 e. The molecule has 8 nitrogen and oxygen atoms in total. The number of amides is 1. The van der Waals surface area contributed by atoms with Crippen LogP contribution in [0, 0.1) is 25.5 Å². The first-order valence-electron chi connectivity index (χ1n) is 16.7. The molecule has 11 heteroatoms. The molecule has 2 aromatic carbocycles. The van der Waals surface area contributed by atoms with Gasteiger partial charge in [0.25, 0.3) is 0 Å². The van der Waals surface area contributed by atoms with Crippen molar-refractivity contribution in [1.82, 2.24) is 19.3 Å². The first-order valence-corrected chi connectivity index (χ1v) is 17.1. The number of hydrogen-bond acceptors (Lipinski definition) is 5. The molecule has 1 fully saturated rings. The summed E-state index contributed by atoms with van der Waals surface area (Å²) >= 11 is 7.03. The van der Waals surface area contributed by atoms with Gasteiger partial charge in [-0.1, -0.05) is 35.9 Å². The monoisotopic (exact) mass is 699 g/mol. The number of ether oxygens (including phenoxy) is 1. The Morgan fingerprint density at radius 3 is 2.50 bits per heavy atom. The van der Waals surface area contributed by atoms with Crippen LogP contribution in [0.4, 0.5) is 14.5 Å². The topological polar surface area (TPSA) is 89.7 Å². The van der Waals surface area contributed by atoms with E-state index in [1.54, 1.807) is 35.9 Å². The second kappa shape index (κ2) is 14.7. The number of anilines is 1. The molecule has 5 aromatic rings. The second-order valence-electron chi connectivity index (χ2n) is 12.7. The van der Waals surface area contributed by atoms with Crippen LogP contribution in [0.5, 0.6) is 0 Å². The molecule has 0 atom stereocenters. The summed E-state index contributed by atoms with van der Waals surface area (Å²) in [5.41, 5.74) is 4.90. The van der Waals surface area contributed by atoms with Gasteiger partial charge in [0.05, 0.1) is 27.9 Å². The van der Waals surface area contributed by atoms with Crippen molar-refractivity contribution in [3.63, 3.8) is 0 Å². The van der Waals surface area contributed by atoms with E-state index in [2.05, 4.69) is 15.6 Å². The third-order valence-corrected chi connectivity index (χ3v) is 9.93. The average molecular weight is 700 g/mol. The van der Waals surface area contributed by atoms with Gasteiger partial charge in [-0.3, -0.25) is 9.59 Å². The predicted molar refractivity (Wildman–Crippen MR) is 195 cm³/mol. The molecule has 3 heterocycles. The van der Waals surface area contributed by atoms with E-state index in [4.69, 9.17) is 16.3 Å². The van der Waals surface area contributed by atoms with Crippen molar-refractivity contribution in [1.29, 1.82) is 0 Å². The molecule has 0 spiro atoms. The standard InChI is InChI=1S/C39H40ClF2N5O3/c1-6-9-24-21-32(47-17-8-10-28(38(24)47)34-22(2)18-31-37(35(34)40)44-23(3)46(31)4)39(49)25-19-29(41)36(30(42)20-25)45-33(48)11-7-16-43-26-12-14-27(50-5)15-13-26/h6-11,17-21,26-27,43H,12-16H2,1-5H3,(H,45,48)/b9-6+,11-7+. The number of allylic oxidation sites excluding steroid dienone is 1. The molecular formula is C39H40ClF2N5O3. The summed E-state index contributed by atoms with van der Waals surface area (Å²) in [7, 11) is 3.66. The Morgan fingerprint density at radius 2 is 1.82 bits per heavy atom. The lowest BCUT2D eigenvalue weighted by Crippen LogP contribution is -2.35. The summed E-state index contributed by atoms with van der Waals surface area (Å²) in [6.45, 7) is 6.20. The first-order chi connectivity index (χ1) is 24.0. The maximum absolute atomic E-state index is 15.3. The van der Waals surface area contributed by atoms with E-state index in [-0.39, 0.29) is 11.3 Å². The number of nitrogens with zero attached hydrogens (tertiary/aromatic N) is 3. The minimum absolute atomic E-state index is 0.197. The maximum atomic E-state index is 15.3. The van der Waals surface area contributed by atoms with E-state index < -0.39 is 29.0 Å². The molecule has 1 aliphatic carbocycles. The number of benzene rings is 2. The van der Waals surface area contributed by atoms with E-state index in [9.17, 15) is 9.59 Å². The number of imidazole rings is 1. The van der Waals surface area contributed by atoms with Crippen molar-refractivity contribution in [2.45, 2.75) is 58.6 Å². The van der Waals surface area contributed by atoms with Gasteiger partial charge in [0.15, 0.2) is 0 Å². The fraction of sp³-hybridized carbons (Fsp3) is 0.308. The predicted octanol–water partition coefficient (Wildman–Crippen LogP) is 8.35. The summed E-state index contributed by atoms with van der Waals surface area (Å²) < 4.78 is 39.7. The van der Waals surface area contributed by atoms with Crippen molar-refractivity contribution in [3.8, 4) is 11.1 Å². The number of halogens is 3. The number of aryl methyl sites for hydroxylation is 3. The fourth-order valence-electron chi connectivity index (χ4n) is 6.87. The van der Waals surface area contributed by atoms with Gasteiger partial charge in [0.1, 0.15) is 28.7 Å². The molecule has 0 radical (unpaired) electrons. The highest BCUT2D eigenvalue weighted by Gasteiger charge is 2.25. The van der Waals surface area contributed by atoms with E-state index in [0.717, 1.165) is 71.4 Å². The molecule has 50 heavy (non-hydrogen) atoms. The normalized spacial score (nSPS) is 16.7. The Hall–Kier alpha value is -4.64. The minimum Gasteiger partial charge on any atom is -0.381 e. The minimum atomic E-state index is -1.06. The van der Waals surface area contributed by atoms with Gasteiger partial charge in [-0.25, -0.2) is 13.8 Å². The van der Waals surface area contributed by atoms with E-state index in [1.807, 2.05) is 56.7 Å². The molecule has 3 aromatic heterocycles. The Balaban J connectivity index is 1.26. The number of ketones is 1. The van der Waals surface area contributed by atoms with Crippen LogP contribution in [0.3, 0.4) is 0 Å². The van der Waals surface area contributed by atoms with Crippen LogP contribution in [0.25, 0.3) is 33.8 Å². The zero-order valence-corrected chi connectivity index (χ0v) is 29.5. The third kappa shape index (κ3) is 6.75. The van der Waals surface area contributed by atoms with Gasteiger partial charge >= 0.3 is 0 Å². The number of pyridine rings is 1. The number of methoxy groups -OCH3 is 1. The Morgan fingerprint density at radius 1 is 1.10 bits per heavy atom. The molecule has 0 saturated heterocycles. The van der Waals surface area contributed by atoms with Crippen LogP contribution in [-0.2, 0) is 16.6 Å². The molecule has 0 bridgehead atoms. The summed E-state index contributed by atoms with van der Waals surface area (Å²) in [6, 6.07) is 9.69. The van der Waals surface area contributed by atoms with Gasteiger partial charge < -0.3 is 24.3 Å². The van der Waals surface area contributed by atoms with Crippen LogP contribution in [0.15, 0.2) is 60.8 Å². The SMILES string of the molecule is C/C=C/c1cc(C(=O)c2cc(F)c(NC(=O)/C=C/CNC3CCC(OC)CC3)c(F)c2)n2cccc(-c3c(C)cc4c(nc(C)n4C)c3Cl)c12. The number of carbonyl (C=O) groups is 2. The van der Waals surface area contributed by atoms with Crippen molar-refractivity contribution in [3.05, 3.63) is 106 Å². The zero-order valence-electron chi connectivity index (χ0n) is 28.7. The molecule has 1 saturated carbocycles. The number of hydrogen-bond donors (Lipinski definition) is 2. The van der Waals surface area contributed by atoms with Crippen LogP contribution in [-0.4, -0.2) is 51.4 Å². The molecule has 0 aliphatic heterocycles. The molecule has 0 unspecified atom stereocenters. The highest BCUT2D eigenvalue weighted by molar-refractivity contribution is 6.38. The summed E-state index contributed by atoms with van der Waals surface area (Å²) in [5.74, 6) is -2.56. The molecule has 260 valence electrons. The summed E-state index contributed by atoms with van der Waals surface area (Å²) in [6.07, 6.45) is 12.5. The van der Waals surface area contributed by atoms with Gasteiger partial charge in [-0.2, -0.15) is 0 Å². The highest BCUT2D eigenvalue weighted by Crippen LogP contribution is 2.41. The fourth-order valence-corrected chi connectivity index (χ4v) is 7.26. The Labute approximate surface area is 294 Å². The van der Waals surface area contributed by atoms with Crippen molar-refractivity contribution >= 4 is 51.6 Å². The van der Waals surface area contributed by atoms with Crippen molar-refractivity contribution in [2.24, 2.45) is 7.05 Å². The van der Waals surface area contributed by atoms with Crippen LogP contribution in [0.1, 0.15) is 65.6 Å². The smallest absolute Gasteiger partial charge is 0.248 e. The third-order valence-electron chi connectivity index (χ3n) is 9.56. The van der Waals surface area contributed by atoms with Crippen molar-refractivity contribution < 1.29 is 23.1 Å². The van der Waals surface area contributed by atoms with Crippen LogP contribution < -0.4 is 10.6 Å². The van der Waals surface area contributed by atoms with E-state index >= 15 is 8.78 Å². The summed E-state index contributed by atoms with van der Waals surface area (Å²) in [5, 5.41) is 6.14. The average Bonchev–Trinajstić information content (AvgIpc) is 3.61. The second-order valence-corrected chi connectivity index (χ2v) is 13.1. The number of carbonyl (C=O) groups excluding carboxylic acids is 2. The van der Waals surface area contributed by atoms with E-state index in [1.165, 1.54) is 6.08 Å². The van der Waals surface area contributed by atoms with Gasteiger partial charge in [-0.15, -0.1) is 0 Å². The number of aromatic nitrogens is 3. The van der Waals surface area contributed by atoms with Gasteiger partial charge in [0, 0.05) is 61.3 Å². The summed E-state index contributed by atoms with van der Waals surface area (Å²) in [4.78, 5) is 31.1. The Bertz CT molecular complexity index is 2150. The molecule has 6 rings (SSSR count). The molecule has 1 amide bonds. The largest absolute Gasteiger partial charge is 0.381 e. The van der Waals surface area contributed by atoms with E-state index in [0.29, 0.717) is 34.7 Å². The molecule has 1 aliphatic rings. The van der Waals surface area contributed by atoms with Crippen LogP contribution >= 0.6 is 11.6 Å². The highest BCUT2D eigenvalue weighted by atomic mass is 35.5.